The average molecular weight is 260 g/mol. The molecule has 6 heteroatoms. The van der Waals surface area contributed by atoms with Gasteiger partial charge in [0.1, 0.15) is 11.6 Å². The van der Waals surface area contributed by atoms with E-state index in [9.17, 15) is 17.6 Å². The lowest BCUT2D eigenvalue weighted by Gasteiger charge is -1.91. The van der Waals surface area contributed by atoms with Crippen molar-refractivity contribution < 1.29 is 27.8 Å². The summed E-state index contributed by atoms with van der Waals surface area (Å²) in [5, 5.41) is 17.0. The van der Waals surface area contributed by atoms with Gasteiger partial charge in [-0.15, -0.1) is 0 Å². The van der Waals surface area contributed by atoms with E-state index in [4.69, 9.17) is 10.2 Å². The molecule has 0 aliphatic carbocycles. The van der Waals surface area contributed by atoms with Crippen molar-refractivity contribution in [2.24, 2.45) is 0 Å². The molecule has 2 rings (SSSR count). The number of hydrogen-bond donors (Lipinski definition) is 2. The Morgan fingerprint density at radius 3 is 1.78 bits per heavy atom. The normalized spacial score (nSPS) is 9.56. The number of rotatable bonds is 0. The van der Waals surface area contributed by atoms with Gasteiger partial charge in [-0.05, 0) is 24.3 Å². The monoisotopic (exact) mass is 260 g/mol. The first kappa shape index (κ1) is 13.8. The van der Waals surface area contributed by atoms with Gasteiger partial charge in [0.25, 0.3) is 0 Å². The van der Waals surface area contributed by atoms with Crippen molar-refractivity contribution >= 4 is 0 Å². The number of benzene rings is 2. The van der Waals surface area contributed by atoms with Gasteiger partial charge in [-0.1, -0.05) is 0 Å². The molecule has 0 aromatic heterocycles. The maximum absolute atomic E-state index is 12.1. The van der Waals surface area contributed by atoms with Crippen molar-refractivity contribution in [3.05, 3.63) is 59.7 Å². The standard InChI is InChI=1S/2C6H4F2O/c7-4-1-2-6(9)5(8)3-4;7-5-2-1-4(9)3-6(5)8/h2*1-3,9H. The second kappa shape index (κ2) is 5.90. The molecule has 2 nitrogen and oxygen atoms in total. The van der Waals surface area contributed by atoms with Crippen molar-refractivity contribution in [1.82, 2.24) is 0 Å². The van der Waals surface area contributed by atoms with Crippen molar-refractivity contribution in [2.75, 3.05) is 0 Å². The fourth-order valence-corrected chi connectivity index (χ4v) is 0.966. The van der Waals surface area contributed by atoms with Gasteiger partial charge >= 0.3 is 0 Å². The van der Waals surface area contributed by atoms with Crippen molar-refractivity contribution in [2.45, 2.75) is 0 Å². The first-order valence-corrected chi connectivity index (χ1v) is 4.68. The summed E-state index contributed by atoms with van der Waals surface area (Å²) in [4.78, 5) is 0. The molecule has 18 heavy (non-hydrogen) atoms. The molecular formula is C12H8F4O2. The number of hydrogen-bond acceptors (Lipinski definition) is 2. The molecular weight excluding hydrogens is 252 g/mol. The summed E-state index contributed by atoms with van der Waals surface area (Å²) in [7, 11) is 0. The van der Waals surface area contributed by atoms with Gasteiger partial charge < -0.3 is 10.2 Å². The van der Waals surface area contributed by atoms with Gasteiger partial charge in [0, 0.05) is 12.1 Å². The molecule has 96 valence electrons. The van der Waals surface area contributed by atoms with Crippen LogP contribution in [0, 0.1) is 23.3 Å². The molecule has 0 spiro atoms. The zero-order valence-electron chi connectivity index (χ0n) is 8.87. The molecule has 0 saturated heterocycles. The van der Waals surface area contributed by atoms with Crippen molar-refractivity contribution in [3.63, 3.8) is 0 Å². The molecule has 2 aromatic carbocycles. The molecule has 0 fully saturated rings. The fourth-order valence-electron chi connectivity index (χ4n) is 0.966. The van der Waals surface area contributed by atoms with E-state index in [1.165, 1.54) is 0 Å². The van der Waals surface area contributed by atoms with Crippen LogP contribution in [0.1, 0.15) is 0 Å². The minimum absolute atomic E-state index is 0.270. The van der Waals surface area contributed by atoms with E-state index in [-0.39, 0.29) is 5.75 Å². The van der Waals surface area contributed by atoms with Crippen LogP contribution in [0.5, 0.6) is 11.5 Å². The lowest BCUT2D eigenvalue weighted by atomic mass is 10.3. The second-order valence-electron chi connectivity index (χ2n) is 3.19. The molecule has 0 atom stereocenters. The Hall–Kier alpha value is -2.24. The van der Waals surface area contributed by atoms with Gasteiger partial charge in [-0.3, -0.25) is 0 Å². The molecule has 0 saturated carbocycles. The molecule has 0 bridgehead atoms. The highest BCUT2D eigenvalue weighted by molar-refractivity contribution is 5.22. The fraction of sp³-hybridized carbons (Fsp3) is 0. The van der Waals surface area contributed by atoms with Crippen LogP contribution < -0.4 is 0 Å². The SMILES string of the molecule is Oc1ccc(F)c(F)c1.Oc1ccc(F)cc1F. The molecule has 2 N–H and O–H groups in total. The van der Waals surface area contributed by atoms with Crippen LogP contribution in [0.15, 0.2) is 36.4 Å². The Morgan fingerprint density at radius 1 is 0.667 bits per heavy atom. The highest BCUT2D eigenvalue weighted by Gasteiger charge is 1.99. The van der Waals surface area contributed by atoms with Crippen LogP contribution in [0.25, 0.3) is 0 Å². The minimum atomic E-state index is -1.03. The van der Waals surface area contributed by atoms with E-state index in [1.54, 1.807) is 0 Å². The zero-order chi connectivity index (χ0) is 13.7. The zero-order valence-corrected chi connectivity index (χ0v) is 8.87. The Labute approximate surface area is 99.7 Å². The number of phenols is 2. The Balaban J connectivity index is 0.000000180. The topological polar surface area (TPSA) is 40.5 Å². The van der Waals surface area contributed by atoms with Crippen LogP contribution >= 0.6 is 0 Å². The lowest BCUT2D eigenvalue weighted by molar-refractivity contribution is 0.428. The van der Waals surface area contributed by atoms with E-state index in [2.05, 4.69) is 0 Å². The molecule has 0 radical (unpaired) electrons. The predicted octanol–water partition coefficient (Wildman–Crippen LogP) is 3.34. The number of phenolic OH excluding ortho intramolecular Hbond substituents is 2. The summed E-state index contributed by atoms with van der Waals surface area (Å²) in [6, 6.07) is 5.23. The number of halogens is 4. The van der Waals surface area contributed by atoms with Gasteiger partial charge in [0.15, 0.2) is 23.2 Å². The van der Waals surface area contributed by atoms with Crippen LogP contribution in [0.2, 0.25) is 0 Å². The van der Waals surface area contributed by atoms with E-state index in [0.29, 0.717) is 6.07 Å². The van der Waals surface area contributed by atoms with E-state index >= 15 is 0 Å². The van der Waals surface area contributed by atoms with Gasteiger partial charge in [-0.25, -0.2) is 17.6 Å². The van der Waals surface area contributed by atoms with Crippen LogP contribution in [-0.2, 0) is 0 Å². The van der Waals surface area contributed by atoms with Gasteiger partial charge in [0.05, 0.1) is 0 Å². The maximum atomic E-state index is 12.1. The van der Waals surface area contributed by atoms with E-state index < -0.39 is 29.0 Å². The first-order chi connectivity index (χ1) is 8.40. The summed E-state index contributed by atoms with van der Waals surface area (Å²) in [6.45, 7) is 0. The van der Waals surface area contributed by atoms with E-state index in [0.717, 1.165) is 30.3 Å². The third-order valence-electron chi connectivity index (χ3n) is 1.81. The number of aromatic hydroxyl groups is 2. The highest BCUT2D eigenvalue weighted by Crippen LogP contribution is 2.14. The summed E-state index contributed by atoms with van der Waals surface area (Å²) >= 11 is 0. The van der Waals surface area contributed by atoms with Crippen molar-refractivity contribution in [1.29, 1.82) is 0 Å². The molecule has 2 aromatic rings. The molecule has 0 aliphatic rings. The van der Waals surface area contributed by atoms with Crippen LogP contribution in [0.3, 0.4) is 0 Å². The molecule has 0 heterocycles. The van der Waals surface area contributed by atoms with Crippen LogP contribution in [0.4, 0.5) is 17.6 Å². The Bertz CT molecular complexity index is 494. The van der Waals surface area contributed by atoms with Crippen LogP contribution in [-0.4, -0.2) is 10.2 Å². The maximum Gasteiger partial charge on any atom is 0.167 e. The largest absolute Gasteiger partial charge is 0.508 e. The van der Waals surface area contributed by atoms with Crippen molar-refractivity contribution in [3.8, 4) is 11.5 Å². The first-order valence-electron chi connectivity index (χ1n) is 4.68. The third kappa shape index (κ3) is 3.97. The second-order valence-corrected chi connectivity index (χ2v) is 3.19. The Kier molecular flexibility index (Phi) is 4.53. The summed E-state index contributed by atoms with van der Waals surface area (Å²) in [6.07, 6.45) is 0. The smallest absolute Gasteiger partial charge is 0.167 e. The van der Waals surface area contributed by atoms with E-state index in [1.807, 2.05) is 0 Å². The highest BCUT2D eigenvalue weighted by atomic mass is 19.2. The summed E-state index contributed by atoms with van der Waals surface area (Å²) in [5.41, 5.74) is 0. The molecule has 0 amide bonds. The lowest BCUT2D eigenvalue weighted by Crippen LogP contribution is -1.79. The summed E-state index contributed by atoms with van der Waals surface area (Å²) < 4.78 is 48.1. The average Bonchev–Trinajstić information content (AvgIpc) is 2.30. The molecule has 0 unspecified atom stereocenters. The summed E-state index contributed by atoms with van der Waals surface area (Å²) in [5.74, 6) is -4.41. The minimum Gasteiger partial charge on any atom is -0.508 e. The quantitative estimate of drug-likeness (QED) is 0.713. The molecule has 0 aliphatic heterocycles. The Morgan fingerprint density at radius 2 is 1.33 bits per heavy atom. The third-order valence-corrected chi connectivity index (χ3v) is 1.81. The predicted molar refractivity (Wildman–Crippen MR) is 56.0 cm³/mol. The van der Waals surface area contributed by atoms with Gasteiger partial charge in [0.2, 0.25) is 0 Å². The van der Waals surface area contributed by atoms with Gasteiger partial charge in [-0.2, -0.15) is 0 Å².